The zero-order chi connectivity index (χ0) is 9.68. The Morgan fingerprint density at radius 3 is 2.36 bits per heavy atom. The number of benzene rings is 1. The number of halogens is 2. The maximum atomic E-state index is 5.77. The van der Waals surface area contributed by atoms with Crippen LogP contribution in [0.5, 0.6) is 0 Å². The first kappa shape index (κ1) is 13.3. The van der Waals surface area contributed by atoms with Gasteiger partial charge in [-0.3, -0.25) is 4.99 Å². The Balaban J connectivity index is 0.00000169. The SMILES string of the molecule is CN=C(Cc1ccc(Cl)cc1)NC.Cl. The molecule has 0 aliphatic rings. The number of nitrogens with one attached hydrogen (secondary N) is 1. The summed E-state index contributed by atoms with van der Waals surface area (Å²) in [6, 6.07) is 7.79. The quantitative estimate of drug-likeness (QED) is 0.616. The van der Waals surface area contributed by atoms with Crippen molar-refractivity contribution >= 4 is 29.8 Å². The van der Waals surface area contributed by atoms with Crippen LogP contribution in [-0.4, -0.2) is 19.9 Å². The molecule has 0 aliphatic carbocycles. The summed E-state index contributed by atoms with van der Waals surface area (Å²) in [6.45, 7) is 0. The van der Waals surface area contributed by atoms with Crippen LogP contribution in [0.1, 0.15) is 5.56 Å². The zero-order valence-electron chi connectivity index (χ0n) is 8.25. The number of aliphatic imine (C=N–C) groups is 1. The van der Waals surface area contributed by atoms with E-state index in [-0.39, 0.29) is 12.4 Å². The molecule has 1 N–H and O–H groups in total. The van der Waals surface area contributed by atoms with Gasteiger partial charge in [0.05, 0.1) is 0 Å². The molecule has 0 atom stereocenters. The molecular formula is C10H14Cl2N2. The summed E-state index contributed by atoms with van der Waals surface area (Å²) < 4.78 is 0. The van der Waals surface area contributed by atoms with E-state index < -0.39 is 0 Å². The van der Waals surface area contributed by atoms with Crippen molar-refractivity contribution in [2.24, 2.45) is 4.99 Å². The lowest BCUT2D eigenvalue weighted by Gasteiger charge is -2.04. The Hall–Kier alpha value is -0.730. The summed E-state index contributed by atoms with van der Waals surface area (Å²) in [5.74, 6) is 0.974. The van der Waals surface area contributed by atoms with Crippen molar-refractivity contribution in [3.8, 4) is 0 Å². The molecule has 0 saturated carbocycles. The van der Waals surface area contributed by atoms with Crippen LogP contribution in [0.2, 0.25) is 5.02 Å². The fraction of sp³-hybridized carbons (Fsp3) is 0.300. The molecule has 0 saturated heterocycles. The minimum atomic E-state index is 0. The molecule has 0 aromatic heterocycles. The first-order chi connectivity index (χ1) is 6.26. The summed E-state index contributed by atoms with van der Waals surface area (Å²) in [5.41, 5.74) is 1.21. The maximum Gasteiger partial charge on any atom is 0.100 e. The maximum absolute atomic E-state index is 5.77. The van der Waals surface area contributed by atoms with Gasteiger partial charge in [-0.15, -0.1) is 12.4 Å². The van der Waals surface area contributed by atoms with Gasteiger partial charge < -0.3 is 5.32 Å². The third kappa shape index (κ3) is 3.99. The van der Waals surface area contributed by atoms with Gasteiger partial charge in [0.2, 0.25) is 0 Å². The second-order valence-electron chi connectivity index (χ2n) is 2.72. The van der Waals surface area contributed by atoms with Crippen molar-refractivity contribution < 1.29 is 0 Å². The first-order valence-electron chi connectivity index (χ1n) is 4.14. The molecule has 1 rings (SSSR count). The Morgan fingerprint density at radius 1 is 1.36 bits per heavy atom. The molecule has 0 radical (unpaired) electrons. The third-order valence-corrected chi connectivity index (χ3v) is 2.10. The van der Waals surface area contributed by atoms with Gasteiger partial charge in [0.1, 0.15) is 5.84 Å². The van der Waals surface area contributed by atoms with Gasteiger partial charge in [0.15, 0.2) is 0 Å². The molecule has 1 aromatic rings. The molecule has 0 spiro atoms. The molecule has 0 bridgehead atoms. The number of hydrogen-bond acceptors (Lipinski definition) is 1. The summed E-state index contributed by atoms with van der Waals surface area (Å²) >= 11 is 5.77. The van der Waals surface area contributed by atoms with Gasteiger partial charge in [-0.1, -0.05) is 23.7 Å². The van der Waals surface area contributed by atoms with Crippen LogP contribution in [0, 0.1) is 0 Å². The number of nitrogens with zero attached hydrogens (tertiary/aromatic N) is 1. The van der Waals surface area contributed by atoms with Crippen molar-refractivity contribution in [3.63, 3.8) is 0 Å². The van der Waals surface area contributed by atoms with E-state index in [9.17, 15) is 0 Å². The van der Waals surface area contributed by atoms with E-state index in [4.69, 9.17) is 11.6 Å². The van der Waals surface area contributed by atoms with E-state index in [1.54, 1.807) is 7.05 Å². The largest absolute Gasteiger partial charge is 0.377 e. The van der Waals surface area contributed by atoms with Gasteiger partial charge in [0.25, 0.3) is 0 Å². The van der Waals surface area contributed by atoms with Crippen LogP contribution in [0.15, 0.2) is 29.3 Å². The highest BCUT2D eigenvalue weighted by atomic mass is 35.5. The predicted molar refractivity (Wildman–Crippen MR) is 64.8 cm³/mol. The van der Waals surface area contributed by atoms with Crippen LogP contribution in [0.25, 0.3) is 0 Å². The monoisotopic (exact) mass is 232 g/mol. The number of hydrogen-bond donors (Lipinski definition) is 1. The lowest BCUT2D eigenvalue weighted by atomic mass is 10.1. The second kappa shape index (κ2) is 6.68. The lowest BCUT2D eigenvalue weighted by Crippen LogP contribution is -2.20. The van der Waals surface area contributed by atoms with E-state index in [2.05, 4.69) is 10.3 Å². The highest BCUT2D eigenvalue weighted by Gasteiger charge is 1.97. The van der Waals surface area contributed by atoms with Crippen LogP contribution in [0.3, 0.4) is 0 Å². The molecule has 0 amide bonds. The topological polar surface area (TPSA) is 24.4 Å². The molecule has 1 aromatic carbocycles. The standard InChI is InChI=1S/C10H13ClN2.ClH/c1-12-10(13-2)7-8-3-5-9(11)6-4-8;/h3-6H,7H2,1-2H3,(H,12,13);1H. The first-order valence-corrected chi connectivity index (χ1v) is 4.52. The molecule has 0 heterocycles. The predicted octanol–water partition coefficient (Wildman–Crippen LogP) is 2.55. The van der Waals surface area contributed by atoms with Gasteiger partial charge in [0, 0.05) is 25.5 Å². The molecule has 2 nitrogen and oxygen atoms in total. The highest BCUT2D eigenvalue weighted by molar-refractivity contribution is 6.30. The van der Waals surface area contributed by atoms with E-state index in [0.29, 0.717) is 0 Å². The second-order valence-corrected chi connectivity index (χ2v) is 3.16. The molecule has 14 heavy (non-hydrogen) atoms. The van der Waals surface area contributed by atoms with E-state index in [1.165, 1.54) is 5.56 Å². The number of rotatable bonds is 2. The van der Waals surface area contributed by atoms with Crippen LogP contribution >= 0.6 is 24.0 Å². The Morgan fingerprint density at radius 2 is 1.93 bits per heavy atom. The van der Waals surface area contributed by atoms with E-state index in [1.807, 2.05) is 31.3 Å². The zero-order valence-corrected chi connectivity index (χ0v) is 9.82. The molecule has 0 aliphatic heterocycles. The minimum absolute atomic E-state index is 0. The summed E-state index contributed by atoms with van der Waals surface area (Å²) in [4.78, 5) is 4.10. The van der Waals surface area contributed by atoms with Crippen molar-refractivity contribution in [1.29, 1.82) is 0 Å². The van der Waals surface area contributed by atoms with Gasteiger partial charge >= 0.3 is 0 Å². The summed E-state index contributed by atoms with van der Waals surface area (Å²) in [7, 11) is 3.65. The highest BCUT2D eigenvalue weighted by Crippen LogP contribution is 2.09. The molecule has 0 unspecified atom stereocenters. The molecular weight excluding hydrogens is 219 g/mol. The fourth-order valence-electron chi connectivity index (χ4n) is 1.07. The van der Waals surface area contributed by atoms with E-state index in [0.717, 1.165) is 17.3 Å². The average molecular weight is 233 g/mol. The van der Waals surface area contributed by atoms with Crippen molar-refractivity contribution in [1.82, 2.24) is 5.32 Å². The van der Waals surface area contributed by atoms with Crippen molar-refractivity contribution in [2.75, 3.05) is 14.1 Å². The summed E-state index contributed by atoms with van der Waals surface area (Å²) in [5, 5.41) is 3.80. The smallest absolute Gasteiger partial charge is 0.100 e. The normalized spacial score (nSPS) is 10.6. The van der Waals surface area contributed by atoms with Crippen LogP contribution < -0.4 is 5.32 Å². The van der Waals surface area contributed by atoms with Crippen LogP contribution in [-0.2, 0) is 6.42 Å². The number of amidine groups is 1. The lowest BCUT2D eigenvalue weighted by molar-refractivity contribution is 1.08. The van der Waals surface area contributed by atoms with Gasteiger partial charge in [-0.05, 0) is 17.7 Å². The summed E-state index contributed by atoms with van der Waals surface area (Å²) in [6.07, 6.45) is 0.824. The Kier molecular flexibility index (Phi) is 6.34. The molecule has 0 fully saturated rings. The molecule has 4 heteroatoms. The third-order valence-electron chi connectivity index (χ3n) is 1.84. The Labute approximate surface area is 95.8 Å². The fourth-order valence-corrected chi connectivity index (χ4v) is 1.20. The van der Waals surface area contributed by atoms with E-state index >= 15 is 0 Å². The number of likely N-dealkylation sites (N-methyl/N-ethyl adjacent to an activating group) is 1. The van der Waals surface area contributed by atoms with Crippen molar-refractivity contribution in [2.45, 2.75) is 6.42 Å². The van der Waals surface area contributed by atoms with Gasteiger partial charge in [-0.25, -0.2) is 0 Å². The van der Waals surface area contributed by atoms with Crippen LogP contribution in [0.4, 0.5) is 0 Å². The molecule has 78 valence electrons. The minimum Gasteiger partial charge on any atom is -0.377 e. The van der Waals surface area contributed by atoms with Gasteiger partial charge in [-0.2, -0.15) is 0 Å². The average Bonchev–Trinajstić information content (AvgIpc) is 2.17. The van der Waals surface area contributed by atoms with Crippen molar-refractivity contribution in [3.05, 3.63) is 34.9 Å². The Bertz CT molecular complexity index is 293.